The van der Waals surface area contributed by atoms with Gasteiger partial charge in [0, 0.05) is 12.0 Å². The number of rotatable bonds is 5. The zero-order valence-electron chi connectivity index (χ0n) is 12.1. The van der Waals surface area contributed by atoms with E-state index in [4.69, 9.17) is 9.47 Å². The minimum Gasteiger partial charge on any atom is -0.490 e. The van der Waals surface area contributed by atoms with Crippen molar-refractivity contribution in [1.29, 1.82) is 0 Å². The molecule has 0 saturated heterocycles. The van der Waals surface area contributed by atoms with Crippen molar-refractivity contribution in [3.8, 4) is 5.75 Å². The third kappa shape index (κ3) is 4.19. The molecule has 2 atom stereocenters. The number of methoxy groups -OCH3 is 1. The molecular formula is C15H19NO5. The van der Waals surface area contributed by atoms with Crippen molar-refractivity contribution in [2.75, 3.05) is 20.3 Å². The zero-order chi connectivity index (χ0) is 15.2. The first-order chi connectivity index (χ1) is 10.1. The van der Waals surface area contributed by atoms with E-state index in [1.165, 1.54) is 7.11 Å². The molecule has 0 fully saturated rings. The third-order valence-electron chi connectivity index (χ3n) is 3.21. The maximum absolute atomic E-state index is 11.9. The van der Waals surface area contributed by atoms with E-state index in [9.17, 15) is 9.59 Å². The number of hydrogen-bond acceptors (Lipinski definition) is 5. The van der Waals surface area contributed by atoms with Gasteiger partial charge in [-0.3, -0.25) is 4.79 Å². The van der Waals surface area contributed by atoms with Gasteiger partial charge in [-0.1, -0.05) is 18.2 Å². The molecule has 114 valence electrons. The van der Waals surface area contributed by atoms with Crippen LogP contribution in [0.1, 0.15) is 24.9 Å². The lowest BCUT2D eigenvalue weighted by atomic mass is 9.97. The van der Waals surface area contributed by atoms with Gasteiger partial charge in [0.05, 0.1) is 19.3 Å². The van der Waals surface area contributed by atoms with Gasteiger partial charge in [-0.2, -0.15) is 0 Å². The number of fused-ring (bicyclic) bond motifs is 1. The molecule has 2 rings (SSSR count). The molecule has 1 aromatic rings. The van der Waals surface area contributed by atoms with E-state index in [1.54, 1.807) is 0 Å². The standard InChI is InChI=1S/C15H19NO5/c1-10-7-12(11-5-3-4-6-13(11)21-10)16-14(17)8-20-9-15(18)19-2/h3-6,10,12H,7-9H2,1-2H3,(H,16,17)/t10-,12-/m1/s1. The third-order valence-corrected chi connectivity index (χ3v) is 3.21. The summed E-state index contributed by atoms with van der Waals surface area (Å²) in [4.78, 5) is 22.8. The van der Waals surface area contributed by atoms with Crippen LogP contribution >= 0.6 is 0 Å². The highest BCUT2D eigenvalue weighted by Crippen LogP contribution is 2.34. The van der Waals surface area contributed by atoms with Crippen molar-refractivity contribution in [3.05, 3.63) is 29.8 Å². The van der Waals surface area contributed by atoms with Gasteiger partial charge >= 0.3 is 5.97 Å². The summed E-state index contributed by atoms with van der Waals surface area (Å²) in [6.45, 7) is 1.55. The predicted octanol–water partition coefficient (Wildman–Crippen LogP) is 1.20. The highest BCUT2D eigenvalue weighted by molar-refractivity contribution is 5.78. The normalized spacial score (nSPS) is 20.1. The van der Waals surface area contributed by atoms with Crippen molar-refractivity contribution in [2.45, 2.75) is 25.5 Å². The first-order valence-electron chi connectivity index (χ1n) is 6.79. The second-order valence-corrected chi connectivity index (χ2v) is 4.89. The van der Waals surface area contributed by atoms with E-state index in [0.717, 1.165) is 11.3 Å². The fourth-order valence-electron chi connectivity index (χ4n) is 2.26. The van der Waals surface area contributed by atoms with Crippen LogP contribution in [0.15, 0.2) is 24.3 Å². The van der Waals surface area contributed by atoms with Crippen molar-refractivity contribution in [3.63, 3.8) is 0 Å². The molecular weight excluding hydrogens is 274 g/mol. The molecule has 1 amide bonds. The number of para-hydroxylation sites is 1. The predicted molar refractivity (Wildman–Crippen MR) is 74.9 cm³/mol. The Kier molecular flexibility index (Phi) is 5.16. The maximum atomic E-state index is 11.9. The van der Waals surface area contributed by atoms with Gasteiger partial charge in [0.25, 0.3) is 0 Å². The van der Waals surface area contributed by atoms with Crippen molar-refractivity contribution < 1.29 is 23.8 Å². The second kappa shape index (κ2) is 7.08. The monoisotopic (exact) mass is 293 g/mol. The average Bonchev–Trinajstić information content (AvgIpc) is 2.46. The van der Waals surface area contributed by atoms with Crippen molar-refractivity contribution in [1.82, 2.24) is 5.32 Å². The molecule has 1 aromatic carbocycles. The first kappa shape index (κ1) is 15.3. The Hall–Kier alpha value is -2.08. The summed E-state index contributed by atoms with van der Waals surface area (Å²) in [5.41, 5.74) is 0.955. The topological polar surface area (TPSA) is 73.9 Å². The number of esters is 1. The fourth-order valence-corrected chi connectivity index (χ4v) is 2.26. The Morgan fingerprint density at radius 3 is 2.86 bits per heavy atom. The number of amides is 1. The molecule has 1 aliphatic heterocycles. The Morgan fingerprint density at radius 2 is 2.10 bits per heavy atom. The van der Waals surface area contributed by atoms with Gasteiger partial charge in [-0.05, 0) is 13.0 Å². The summed E-state index contributed by atoms with van der Waals surface area (Å²) in [6.07, 6.45) is 0.723. The summed E-state index contributed by atoms with van der Waals surface area (Å²) in [5.74, 6) is 0.0117. The molecule has 0 aliphatic carbocycles. The van der Waals surface area contributed by atoms with E-state index in [0.29, 0.717) is 6.42 Å². The molecule has 0 radical (unpaired) electrons. The van der Waals surface area contributed by atoms with Crippen LogP contribution < -0.4 is 10.1 Å². The summed E-state index contributed by atoms with van der Waals surface area (Å²) in [5, 5.41) is 2.90. The highest BCUT2D eigenvalue weighted by atomic mass is 16.6. The van der Waals surface area contributed by atoms with Crippen LogP contribution in [0, 0.1) is 0 Å². The SMILES string of the molecule is COC(=O)COCC(=O)N[C@@H]1C[C@@H](C)Oc2ccccc21. The molecule has 0 aromatic heterocycles. The van der Waals surface area contributed by atoms with Gasteiger partial charge < -0.3 is 19.5 Å². The number of benzene rings is 1. The van der Waals surface area contributed by atoms with Crippen LogP contribution in [0.2, 0.25) is 0 Å². The summed E-state index contributed by atoms with van der Waals surface area (Å²) in [6, 6.07) is 7.51. The Balaban J connectivity index is 1.90. The minimum absolute atomic E-state index is 0.0289. The van der Waals surface area contributed by atoms with Crippen LogP contribution in [0.5, 0.6) is 5.75 Å². The number of carbonyl (C=O) groups excluding carboxylic acids is 2. The quantitative estimate of drug-likeness (QED) is 0.826. The molecule has 0 saturated carbocycles. The van der Waals surface area contributed by atoms with E-state index in [2.05, 4.69) is 10.1 Å². The van der Waals surface area contributed by atoms with E-state index in [1.807, 2.05) is 31.2 Å². The lowest BCUT2D eigenvalue weighted by Crippen LogP contribution is -2.37. The molecule has 1 aliphatic rings. The highest BCUT2D eigenvalue weighted by Gasteiger charge is 2.26. The lowest BCUT2D eigenvalue weighted by molar-refractivity contribution is -0.147. The van der Waals surface area contributed by atoms with Gasteiger partial charge in [-0.15, -0.1) is 0 Å². The molecule has 0 unspecified atom stereocenters. The maximum Gasteiger partial charge on any atom is 0.331 e. The van der Waals surface area contributed by atoms with Crippen LogP contribution in [-0.4, -0.2) is 38.3 Å². The average molecular weight is 293 g/mol. The fraction of sp³-hybridized carbons (Fsp3) is 0.467. The Morgan fingerprint density at radius 1 is 1.33 bits per heavy atom. The minimum atomic E-state index is -0.507. The van der Waals surface area contributed by atoms with Gasteiger partial charge in [0.15, 0.2) is 0 Å². The molecule has 1 heterocycles. The van der Waals surface area contributed by atoms with E-state index in [-0.39, 0.29) is 31.3 Å². The van der Waals surface area contributed by atoms with Crippen molar-refractivity contribution in [2.24, 2.45) is 0 Å². The van der Waals surface area contributed by atoms with E-state index < -0.39 is 5.97 Å². The van der Waals surface area contributed by atoms with E-state index >= 15 is 0 Å². The Bertz CT molecular complexity index is 517. The molecule has 21 heavy (non-hydrogen) atoms. The molecule has 6 nitrogen and oxygen atoms in total. The smallest absolute Gasteiger partial charge is 0.331 e. The molecule has 0 bridgehead atoms. The summed E-state index contributed by atoms with van der Waals surface area (Å²) >= 11 is 0. The first-order valence-corrected chi connectivity index (χ1v) is 6.79. The molecule has 1 N–H and O–H groups in total. The number of carbonyl (C=O) groups is 2. The molecule has 0 spiro atoms. The summed E-state index contributed by atoms with van der Waals surface area (Å²) < 4.78 is 15.1. The zero-order valence-corrected chi connectivity index (χ0v) is 12.1. The molecule has 6 heteroatoms. The lowest BCUT2D eigenvalue weighted by Gasteiger charge is -2.30. The van der Waals surface area contributed by atoms with Gasteiger partial charge in [0.1, 0.15) is 19.0 Å². The van der Waals surface area contributed by atoms with Crippen LogP contribution in [-0.2, 0) is 19.1 Å². The number of nitrogens with one attached hydrogen (secondary N) is 1. The summed E-state index contributed by atoms with van der Waals surface area (Å²) in [7, 11) is 1.27. The van der Waals surface area contributed by atoms with Crippen LogP contribution in [0.3, 0.4) is 0 Å². The van der Waals surface area contributed by atoms with Gasteiger partial charge in [-0.25, -0.2) is 4.79 Å². The van der Waals surface area contributed by atoms with Crippen molar-refractivity contribution >= 4 is 11.9 Å². The number of hydrogen-bond donors (Lipinski definition) is 1. The Labute approximate surface area is 123 Å². The second-order valence-electron chi connectivity index (χ2n) is 4.89. The van der Waals surface area contributed by atoms with Gasteiger partial charge in [0.2, 0.25) is 5.91 Å². The van der Waals surface area contributed by atoms with Crippen LogP contribution in [0.25, 0.3) is 0 Å². The number of ether oxygens (including phenoxy) is 3. The van der Waals surface area contributed by atoms with Crippen LogP contribution in [0.4, 0.5) is 0 Å². The largest absolute Gasteiger partial charge is 0.490 e.